The highest BCUT2D eigenvalue weighted by Gasteiger charge is 2.36. The molecule has 0 aromatic carbocycles. The van der Waals surface area contributed by atoms with Crippen molar-refractivity contribution in [3.8, 4) is 0 Å². The van der Waals surface area contributed by atoms with Gasteiger partial charge in [0.25, 0.3) is 0 Å². The lowest BCUT2D eigenvalue weighted by atomic mass is 9.97. The predicted molar refractivity (Wildman–Crippen MR) is 240 cm³/mol. The van der Waals surface area contributed by atoms with Crippen LogP contribution in [0, 0.1) is 23.7 Å². The number of carbonyl (C=O) groups excluding carboxylic acids is 7. The molecule has 372 valence electrons. The molecule has 23 nitrogen and oxygen atoms in total. The van der Waals surface area contributed by atoms with Crippen LogP contribution in [0.2, 0.25) is 0 Å². The van der Waals surface area contributed by atoms with E-state index in [4.69, 9.17) is 21.7 Å². The van der Waals surface area contributed by atoms with Crippen LogP contribution in [0.5, 0.6) is 0 Å². The molecule has 0 saturated heterocycles. The van der Waals surface area contributed by atoms with Crippen LogP contribution < -0.4 is 48.7 Å². The van der Waals surface area contributed by atoms with Gasteiger partial charge in [0, 0.05) is 13.0 Å². The first-order chi connectivity index (χ1) is 30.1. The summed E-state index contributed by atoms with van der Waals surface area (Å²) < 4.78 is 0. The van der Waals surface area contributed by atoms with Crippen molar-refractivity contribution >= 4 is 71.0 Å². The maximum Gasteiger partial charge on any atom is 0.305 e. The number of hydrogen-bond donors (Lipinski definition) is 13. The maximum absolute atomic E-state index is 13.8. The number of aliphatic carboxylic acids is 3. The fourth-order valence-electron chi connectivity index (χ4n) is 6.34. The third-order valence-corrected chi connectivity index (χ3v) is 10.6. The third-order valence-electron chi connectivity index (χ3n) is 9.91. The Balaban J connectivity index is 6.24. The summed E-state index contributed by atoms with van der Waals surface area (Å²) in [6.45, 7) is 13.3. The van der Waals surface area contributed by atoms with Crippen LogP contribution in [0.25, 0.3) is 0 Å². The van der Waals surface area contributed by atoms with Gasteiger partial charge in [0.05, 0.1) is 37.1 Å². The van der Waals surface area contributed by atoms with Crippen molar-refractivity contribution in [3.63, 3.8) is 0 Å². The van der Waals surface area contributed by atoms with Gasteiger partial charge in [-0.3, -0.25) is 47.9 Å². The molecule has 0 unspecified atom stereocenters. The van der Waals surface area contributed by atoms with Crippen LogP contribution >= 0.6 is 11.8 Å². The van der Waals surface area contributed by atoms with Crippen LogP contribution in [0.3, 0.4) is 0 Å². The van der Waals surface area contributed by atoms with E-state index in [1.165, 1.54) is 11.8 Å². The van der Waals surface area contributed by atoms with Crippen molar-refractivity contribution in [2.24, 2.45) is 35.1 Å². The topological polar surface area (TPSA) is 388 Å². The highest BCUT2D eigenvalue weighted by molar-refractivity contribution is 7.98. The van der Waals surface area contributed by atoms with Crippen molar-refractivity contribution in [3.05, 3.63) is 0 Å². The monoisotopic (exact) mass is 947 g/mol. The summed E-state index contributed by atoms with van der Waals surface area (Å²) >= 11 is 1.42. The van der Waals surface area contributed by atoms with E-state index in [1.807, 2.05) is 6.26 Å². The number of carboxylic acids is 3. The van der Waals surface area contributed by atoms with E-state index in [2.05, 4.69) is 37.2 Å². The quantitative estimate of drug-likeness (QED) is 0.0338. The number of primary amides is 1. The first-order valence-corrected chi connectivity index (χ1v) is 22.9. The van der Waals surface area contributed by atoms with Gasteiger partial charge in [-0.1, -0.05) is 55.4 Å². The molecule has 0 aliphatic heterocycles. The van der Waals surface area contributed by atoms with Crippen molar-refractivity contribution < 1.29 is 68.4 Å². The zero-order valence-electron chi connectivity index (χ0n) is 38.8. The number of aliphatic hydroxyl groups is 1. The first-order valence-electron chi connectivity index (χ1n) is 21.5. The third kappa shape index (κ3) is 24.2. The molecule has 7 amide bonds. The average molecular weight is 948 g/mol. The summed E-state index contributed by atoms with van der Waals surface area (Å²) in [4.78, 5) is 126. The minimum atomic E-state index is -1.67. The molecule has 9 atom stereocenters. The summed E-state index contributed by atoms with van der Waals surface area (Å²) in [7, 11) is 0. The van der Waals surface area contributed by atoms with Gasteiger partial charge in [0.2, 0.25) is 41.4 Å². The van der Waals surface area contributed by atoms with Crippen LogP contribution in [0.4, 0.5) is 0 Å². The molecule has 0 radical (unpaired) electrons. The highest BCUT2D eigenvalue weighted by atomic mass is 32.2. The molecule has 0 aromatic heterocycles. The van der Waals surface area contributed by atoms with Crippen molar-refractivity contribution in [1.82, 2.24) is 37.2 Å². The fourth-order valence-corrected chi connectivity index (χ4v) is 6.82. The van der Waals surface area contributed by atoms with E-state index in [1.54, 1.807) is 55.4 Å². The number of hydrogen-bond acceptors (Lipinski definition) is 14. The van der Waals surface area contributed by atoms with Crippen LogP contribution in [-0.2, 0) is 47.9 Å². The molecule has 24 heteroatoms. The first kappa shape index (κ1) is 59.9. The number of aliphatic hydroxyl groups excluding tert-OH is 1. The van der Waals surface area contributed by atoms with Gasteiger partial charge >= 0.3 is 17.9 Å². The minimum absolute atomic E-state index is 0.0889. The molecule has 0 saturated carbocycles. The Kier molecular flexibility index (Phi) is 27.8. The Morgan fingerprint density at radius 2 is 0.985 bits per heavy atom. The molecule has 0 spiro atoms. The van der Waals surface area contributed by atoms with Crippen molar-refractivity contribution in [1.29, 1.82) is 0 Å². The van der Waals surface area contributed by atoms with Gasteiger partial charge in [-0.05, 0) is 61.4 Å². The molecule has 65 heavy (non-hydrogen) atoms. The SMILES string of the molecule is CSCC[C@H](NC[C@H](O)[C@H](CC(C)C)NC(=O)[C@H](CC(=O)O)NC(=O)[C@@H](NC(=O)[C@@H](N)CCC(=O)O)C(C)C)C(=O)N[C@H](C(=O)N[C@@H](CC(C)C)C(=O)N[C@@H](CC(=O)O)C(N)=O)C(C)C. The number of nitrogens with one attached hydrogen (secondary N) is 7. The van der Waals surface area contributed by atoms with Gasteiger partial charge in [-0.25, -0.2) is 0 Å². The number of rotatable bonds is 33. The van der Waals surface area contributed by atoms with Crippen LogP contribution in [0.15, 0.2) is 0 Å². The molecule has 0 fully saturated rings. The Hall–Kier alpha value is -5.07. The smallest absolute Gasteiger partial charge is 0.305 e. The van der Waals surface area contributed by atoms with E-state index in [0.29, 0.717) is 5.75 Å². The standard InChI is InChI=1S/C41H73N9O14S/c1-19(2)14-25(45-39(62)28(17-32(56)57)48-40(63)33(21(5)6)49-36(59)23(42)10-11-30(52)53)29(51)18-44-24(12-13-65-9)37(60)50-34(22(7)8)41(64)47-27(15-20(3)4)38(61)46-26(35(43)58)16-31(54)55/h19-29,33-34,44,51H,10-18,42H2,1-9H3,(H2,43,58)(H,45,62)(H,46,61)(H,47,64)(H,48,63)(H,49,59)(H,50,60)(H,52,53)(H,54,55)(H,56,57)/t23-,24-,25-,26-,27-,28-,29-,33-,34-/m0/s1. The second-order valence-corrected chi connectivity index (χ2v) is 18.5. The van der Waals surface area contributed by atoms with Crippen LogP contribution in [0.1, 0.15) is 100 Å². The molecule has 15 N–H and O–H groups in total. The molecular weight excluding hydrogens is 875 g/mol. The lowest BCUT2D eigenvalue weighted by Crippen LogP contribution is -2.60. The highest BCUT2D eigenvalue weighted by Crippen LogP contribution is 2.13. The molecule has 0 rings (SSSR count). The van der Waals surface area contributed by atoms with E-state index in [9.17, 15) is 58.2 Å². The summed E-state index contributed by atoms with van der Waals surface area (Å²) in [6, 6.07) is -10.2. The molecule has 0 aliphatic carbocycles. The number of amides is 7. The van der Waals surface area contributed by atoms with Crippen molar-refractivity contribution in [2.75, 3.05) is 18.6 Å². The van der Waals surface area contributed by atoms with E-state index < -0.39 is 145 Å². The van der Waals surface area contributed by atoms with Gasteiger partial charge < -0.3 is 69.1 Å². The summed E-state index contributed by atoms with van der Waals surface area (Å²) in [6.07, 6.45) is -1.37. The Morgan fingerprint density at radius 3 is 1.43 bits per heavy atom. The predicted octanol–water partition coefficient (Wildman–Crippen LogP) is -2.00. The Bertz CT molecular complexity index is 1630. The zero-order chi connectivity index (χ0) is 50.3. The van der Waals surface area contributed by atoms with Gasteiger partial charge in [0.1, 0.15) is 30.2 Å². The maximum atomic E-state index is 13.8. The summed E-state index contributed by atoms with van der Waals surface area (Å²) in [5.41, 5.74) is 11.1. The lowest BCUT2D eigenvalue weighted by Gasteiger charge is -2.31. The second-order valence-electron chi connectivity index (χ2n) is 17.5. The minimum Gasteiger partial charge on any atom is -0.481 e. The van der Waals surface area contributed by atoms with E-state index >= 15 is 0 Å². The van der Waals surface area contributed by atoms with Gasteiger partial charge in [-0.15, -0.1) is 0 Å². The van der Waals surface area contributed by atoms with Gasteiger partial charge in [0.15, 0.2) is 0 Å². The lowest BCUT2D eigenvalue weighted by molar-refractivity contribution is -0.142. The van der Waals surface area contributed by atoms with Crippen LogP contribution in [-0.4, -0.2) is 153 Å². The van der Waals surface area contributed by atoms with Crippen molar-refractivity contribution in [2.45, 2.75) is 155 Å². The van der Waals surface area contributed by atoms with Gasteiger partial charge in [-0.2, -0.15) is 11.8 Å². The fraction of sp³-hybridized carbons (Fsp3) is 0.756. The number of nitrogens with two attached hydrogens (primary N) is 2. The Labute approximate surface area is 384 Å². The number of thioether (sulfide) groups is 1. The largest absolute Gasteiger partial charge is 0.481 e. The molecule has 0 heterocycles. The molecular formula is C41H73N9O14S. The average Bonchev–Trinajstić information content (AvgIpc) is 3.18. The molecule has 0 aliphatic rings. The molecule has 0 aromatic rings. The summed E-state index contributed by atoms with van der Waals surface area (Å²) in [5, 5.41) is 57.2. The van der Waals surface area contributed by atoms with E-state index in [-0.39, 0.29) is 44.1 Å². The normalized spacial score (nSPS) is 15.6. The zero-order valence-corrected chi connectivity index (χ0v) is 39.6. The number of carbonyl (C=O) groups is 10. The number of carboxylic acid groups (broad SMARTS) is 3. The molecule has 0 bridgehead atoms. The second kappa shape index (κ2) is 30.2. The van der Waals surface area contributed by atoms with E-state index in [0.717, 1.165) is 0 Å². The summed E-state index contributed by atoms with van der Waals surface area (Å²) in [5.74, 6) is -10.9. The Morgan fingerprint density at radius 1 is 0.538 bits per heavy atom.